The van der Waals surface area contributed by atoms with E-state index in [0.717, 1.165) is 35.9 Å². The Kier molecular flexibility index (Phi) is 6.10. The zero-order valence-corrected chi connectivity index (χ0v) is 14.2. The van der Waals surface area contributed by atoms with Gasteiger partial charge in [0.2, 0.25) is 0 Å². The van der Waals surface area contributed by atoms with E-state index in [4.69, 9.17) is 0 Å². The second kappa shape index (κ2) is 8.06. The van der Waals surface area contributed by atoms with Gasteiger partial charge in [-0.2, -0.15) is 0 Å². The molecule has 0 unspecified atom stereocenters. The lowest BCUT2D eigenvalue weighted by Crippen LogP contribution is -2.23. The summed E-state index contributed by atoms with van der Waals surface area (Å²) in [6.45, 7) is 9.68. The predicted molar refractivity (Wildman–Crippen MR) is 91.1 cm³/mol. The third-order valence-electron chi connectivity index (χ3n) is 3.56. The van der Waals surface area contributed by atoms with Gasteiger partial charge in [0.1, 0.15) is 5.01 Å². The summed E-state index contributed by atoms with van der Waals surface area (Å²) in [7, 11) is 0. The van der Waals surface area contributed by atoms with Crippen LogP contribution in [0.15, 0.2) is 29.6 Å². The van der Waals surface area contributed by atoms with Crippen molar-refractivity contribution >= 4 is 17.2 Å². The van der Waals surface area contributed by atoms with Crippen molar-refractivity contribution in [2.75, 3.05) is 13.1 Å². The summed E-state index contributed by atoms with van der Waals surface area (Å²) >= 11 is 1.60. The third kappa shape index (κ3) is 4.64. The van der Waals surface area contributed by atoms with E-state index >= 15 is 0 Å². The highest BCUT2D eigenvalue weighted by atomic mass is 32.1. The molecule has 0 atom stereocenters. The van der Waals surface area contributed by atoms with Gasteiger partial charge in [-0.1, -0.05) is 31.5 Å². The molecule has 1 heterocycles. The monoisotopic (exact) mass is 317 g/mol. The molecule has 0 aliphatic rings. The second-order valence-corrected chi connectivity index (χ2v) is 6.19. The molecule has 4 nitrogen and oxygen atoms in total. The number of thiazole rings is 1. The van der Waals surface area contributed by atoms with E-state index in [1.165, 1.54) is 0 Å². The summed E-state index contributed by atoms with van der Waals surface area (Å²) in [6.07, 6.45) is 0. The highest BCUT2D eigenvalue weighted by Gasteiger charge is 2.09. The minimum Gasteiger partial charge on any atom is -0.346 e. The van der Waals surface area contributed by atoms with Crippen LogP contribution in [0.3, 0.4) is 0 Å². The Morgan fingerprint density at radius 1 is 1.32 bits per heavy atom. The summed E-state index contributed by atoms with van der Waals surface area (Å²) in [5.74, 6) is -0.0517. The quantitative estimate of drug-likeness (QED) is 0.853. The Hall–Kier alpha value is -1.72. The van der Waals surface area contributed by atoms with Crippen molar-refractivity contribution in [3.8, 4) is 0 Å². The molecule has 0 bridgehead atoms. The van der Waals surface area contributed by atoms with E-state index in [2.05, 4.69) is 34.4 Å². The summed E-state index contributed by atoms with van der Waals surface area (Å²) in [5, 5.41) is 5.96. The van der Waals surface area contributed by atoms with E-state index < -0.39 is 0 Å². The molecule has 22 heavy (non-hydrogen) atoms. The SMILES string of the molecule is CCN(CC)Cc1csc(CNC(=O)c2cccc(C)c2)n1. The number of aryl methyl sites for hydroxylation is 1. The highest BCUT2D eigenvalue weighted by molar-refractivity contribution is 7.09. The first-order chi connectivity index (χ1) is 10.6. The fourth-order valence-corrected chi connectivity index (χ4v) is 2.95. The Bertz CT molecular complexity index is 620. The first-order valence-electron chi connectivity index (χ1n) is 7.62. The van der Waals surface area contributed by atoms with E-state index in [0.29, 0.717) is 12.1 Å². The molecular weight excluding hydrogens is 294 g/mol. The van der Waals surface area contributed by atoms with Gasteiger partial charge in [0.15, 0.2) is 0 Å². The van der Waals surface area contributed by atoms with E-state index in [1.54, 1.807) is 11.3 Å². The van der Waals surface area contributed by atoms with E-state index in [1.807, 2.05) is 31.2 Å². The molecule has 0 fully saturated rings. The lowest BCUT2D eigenvalue weighted by atomic mass is 10.1. The maximum Gasteiger partial charge on any atom is 0.251 e. The van der Waals surface area contributed by atoms with Crippen LogP contribution in [0.1, 0.15) is 40.5 Å². The van der Waals surface area contributed by atoms with Gasteiger partial charge in [0.05, 0.1) is 12.2 Å². The molecule has 0 saturated carbocycles. The Balaban J connectivity index is 1.89. The maximum atomic E-state index is 12.1. The van der Waals surface area contributed by atoms with Crippen LogP contribution in [0.5, 0.6) is 0 Å². The van der Waals surface area contributed by atoms with Crippen LogP contribution in [-0.2, 0) is 13.1 Å². The van der Waals surface area contributed by atoms with Crippen molar-refractivity contribution in [2.45, 2.75) is 33.9 Å². The van der Waals surface area contributed by atoms with Crippen LogP contribution in [0.4, 0.5) is 0 Å². The maximum absolute atomic E-state index is 12.1. The van der Waals surface area contributed by atoms with Crippen molar-refractivity contribution in [3.05, 3.63) is 51.5 Å². The van der Waals surface area contributed by atoms with Gasteiger partial charge in [0.25, 0.3) is 5.91 Å². The minimum atomic E-state index is -0.0517. The minimum absolute atomic E-state index is 0.0517. The first-order valence-corrected chi connectivity index (χ1v) is 8.50. The van der Waals surface area contributed by atoms with Gasteiger partial charge in [-0.05, 0) is 32.1 Å². The number of carbonyl (C=O) groups excluding carboxylic acids is 1. The fourth-order valence-electron chi connectivity index (χ4n) is 2.22. The average Bonchev–Trinajstić information content (AvgIpc) is 2.97. The molecule has 5 heteroatoms. The molecule has 0 saturated heterocycles. The first kappa shape index (κ1) is 16.6. The normalized spacial score (nSPS) is 10.9. The molecule has 0 spiro atoms. The van der Waals surface area contributed by atoms with Gasteiger partial charge in [0, 0.05) is 17.5 Å². The largest absolute Gasteiger partial charge is 0.346 e. The molecular formula is C17H23N3OS. The number of hydrogen-bond donors (Lipinski definition) is 1. The van der Waals surface area contributed by atoms with Crippen LogP contribution in [0.2, 0.25) is 0 Å². The summed E-state index contributed by atoms with van der Waals surface area (Å²) < 4.78 is 0. The number of aromatic nitrogens is 1. The number of nitrogens with one attached hydrogen (secondary N) is 1. The smallest absolute Gasteiger partial charge is 0.251 e. The zero-order chi connectivity index (χ0) is 15.9. The van der Waals surface area contributed by atoms with Crippen LogP contribution >= 0.6 is 11.3 Å². The third-order valence-corrected chi connectivity index (χ3v) is 4.46. The number of nitrogens with zero attached hydrogens (tertiary/aromatic N) is 2. The molecule has 118 valence electrons. The van der Waals surface area contributed by atoms with Crippen molar-refractivity contribution < 1.29 is 4.79 Å². The summed E-state index contributed by atoms with van der Waals surface area (Å²) in [4.78, 5) is 19.0. The Labute approximate surface area is 136 Å². The standard InChI is InChI=1S/C17H23N3OS/c1-4-20(5-2)11-15-12-22-16(19-15)10-18-17(21)14-8-6-7-13(3)9-14/h6-9,12H,4-5,10-11H2,1-3H3,(H,18,21). The predicted octanol–water partition coefficient (Wildman–Crippen LogP) is 3.22. The lowest BCUT2D eigenvalue weighted by molar-refractivity contribution is 0.0950. The molecule has 1 aromatic carbocycles. The molecule has 2 rings (SSSR count). The number of carbonyl (C=O) groups is 1. The van der Waals surface area contributed by atoms with Crippen LogP contribution in [0.25, 0.3) is 0 Å². The van der Waals surface area contributed by atoms with Gasteiger partial charge in [-0.15, -0.1) is 11.3 Å². The van der Waals surface area contributed by atoms with Crippen molar-refractivity contribution in [1.29, 1.82) is 0 Å². The fraction of sp³-hybridized carbons (Fsp3) is 0.412. The van der Waals surface area contributed by atoms with Crippen LogP contribution < -0.4 is 5.32 Å². The van der Waals surface area contributed by atoms with Gasteiger partial charge >= 0.3 is 0 Å². The number of rotatable bonds is 7. The molecule has 2 aromatic rings. The van der Waals surface area contributed by atoms with Crippen molar-refractivity contribution in [3.63, 3.8) is 0 Å². The Morgan fingerprint density at radius 3 is 2.77 bits per heavy atom. The molecule has 1 aromatic heterocycles. The highest BCUT2D eigenvalue weighted by Crippen LogP contribution is 2.12. The second-order valence-electron chi connectivity index (χ2n) is 5.25. The lowest BCUT2D eigenvalue weighted by Gasteiger charge is -2.15. The van der Waals surface area contributed by atoms with Gasteiger partial charge in [-0.25, -0.2) is 4.98 Å². The van der Waals surface area contributed by atoms with E-state index in [9.17, 15) is 4.79 Å². The zero-order valence-electron chi connectivity index (χ0n) is 13.4. The Morgan fingerprint density at radius 2 is 2.09 bits per heavy atom. The van der Waals surface area contributed by atoms with Gasteiger partial charge in [-0.3, -0.25) is 9.69 Å². The van der Waals surface area contributed by atoms with Crippen LogP contribution in [0, 0.1) is 6.92 Å². The molecule has 1 amide bonds. The summed E-state index contributed by atoms with van der Waals surface area (Å²) in [5.41, 5.74) is 2.86. The number of benzene rings is 1. The van der Waals surface area contributed by atoms with E-state index in [-0.39, 0.29) is 5.91 Å². The topological polar surface area (TPSA) is 45.2 Å². The molecule has 1 N–H and O–H groups in total. The molecule has 0 aliphatic carbocycles. The molecule has 0 aliphatic heterocycles. The average molecular weight is 317 g/mol. The van der Waals surface area contributed by atoms with Crippen LogP contribution in [-0.4, -0.2) is 28.9 Å². The summed E-state index contributed by atoms with van der Waals surface area (Å²) in [6, 6.07) is 7.60. The van der Waals surface area contributed by atoms with Gasteiger partial charge < -0.3 is 5.32 Å². The van der Waals surface area contributed by atoms with Crippen molar-refractivity contribution in [1.82, 2.24) is 15.2 Å². The van der Waals surface area contributed by atoms with Crippen molar-refractivity contribution in [2.24, 2.45) is 0 Å². The number of amides is 1. The molecule has 0 radical (unpaired) electrons. The number of hydrogen-bond acceptors (Lipinski definition) is 4.